The molecule has 7 nitrogen and oxygen atoms in total. The van der Waals surface area contributed by atoms with E-state index in [9.17, 15) is 4.79 Å². The van der Waals surface area contributed by atoms with E-state index in [1.165, 1.54) is 0 Å². The third-order valence-electron chi connectivity index (χ3n) is 4.47. The maximum Gasteiger partial charge on any atom is 0.251 e. The van der Waals surface area contributed by atoms with Gasteiger partial charge in [-0.2, -0.15) is 0 Å². The predicted molar refractivity (Wildman–Crippen MR) is 92.3 cm³/mol. The number of nitrogens with zero attached hydrogens (tertiary/aromatic N) is 4. The molecule has 0 saturated heterocycles. The van der Waals surface area contributed by atoms with Crippen molar-refractivity contribution in [1.29, 1.82) is 0 Å². The van der Waals surface area contributed by atoms with Crippen molar-refractivity contribution in [1.82, 2.24) is 19.7 Å². The fraction of sp³-hybridized carbons (Fsp3) is 0.333. The Kier molecular flexibility index (Phi) is 3.63. The summed E-state index contributed by atoms with van der Waals surface area (Å²) in [5.74, 6) is 1.94. The molecular formula is C18H19N5O2. The fourth-order valence-electron chi connectivity index (χ4n) is 3.43. The first kappa shape index (κ1) is 15.6. The Morgan fingerprint density at radius 1 is 1.24 bits per heavy atom. The number of rotatable bonds is 3. The minimum Gasteiger partial charge on any atom is -0.469 e. The van der Waals surface area contributed by atoms with Crippen LogP contribution in [0.4, 0.5) is 5.82 Å². The van der Waals surface area contributed by atoms with Crippen molar-refractivity contribution < 1.29 is 9.21 Å². The average molecular weight is 337 g/mol. The maximum atomic E-state index is 12.8. The maximum absolute atomic E-state index is 12.8. The van der Waals surface area contributed by atoms with Crippen LogP contribution >= 0.6 is 0 Å². The summed E-state index contributed by atoms with van der Waals surface area (Å²) in [7, 11) is 1.77. The molecule has 0 amide bonds. The van der Waals surface area contributed by atoms with Crippen LogP contribution in [0.3, 0.4) is 0 Å². The molecule has 0 spiro atoms. The van der Waals surface area contributed by atoms with Crippen LogP contribution in [-0.2, 0) is 6.42 Å². The lowest BCUT2D eigenvalue weighted by Crippen LogP contribution is -2.21. The lowest BCUT2D eigenvalue weighted by molar-refractivity contribution is 0.0960. The van der Waals surface area contributed by atoms with Gasteiger partial charge in [-0.3, -0.25) is 4.79 Å². The molecule has 0 bridgehead atoms. The van der Waals surface area contributed by atoms with Crippen LogP contribution in [0, 0.1) is 13.8 Å². The van der Waals surface area contributed by atoms with E-state index in [0.717, 1.165) is 22.8 Å². The van der Waals surface area contributed by atoms with Crippen LogP contribution in [0.2, 0.25) is 0 Å². The van der Waals surface area contributed by atoms with Crippen LogP contribution in [-0.4, -0.2) is 32.6 Å². The average Bonchev–Trinajstić information content (AvgIpc) is 3.21. The van der Waals surface area contributed by atoms with Crippen LogP contribution in [0.5, 0.6) is 0 Å². The normalized spacial score (nSPS) is 16.8. The van der Waals surface area contributed by atoms with E-state index < -0.39 is 0 Å². The molecule has 0 aromatic carbocycles. The number of carbonyl (C=O) groups excluding carboxylic acids is 1. The summed E-state index contributed by atoms with van der Waals surface area (Å²) in [6.45, 7) is 3.84. The molecule has 4 rings (SSSR count). The first-order valence-corrected chi connectivity index (χ1v) is 8.25. The molecule has 0 saturated carbocycles. The molecule has 0 fully saturated rings. The van der Waals surface area contributed by atoms with Crippen molar-refractivity contribution in [3.8, 4) is 5.95 Å². The Morgan fingerprint density at radius 2 is 2.00 bits per heavy atom. The molecule has 1 unspecified atom stereocenters. The number of hydrogen-bond acceptors (Lipinski definition) is 6. The number of ketones is 1. The molecule has 1 aliphatic carbocycles. The summed E-state index contributed by atoms with van der Waals surface area (Å²) in [5, 5.41) is 7.58. The summed E-state index contributed by atoms with van der Waals surface area (Å²) < 4.78 is 7.21. The zero-order valence-electron chi connectivity index (χ0n) is 14.4. The van der Waals surface area contributed by atoms with Gasteiger partial charge in [0.25, 0.3) is 5.95 Å². The first-order valence-electron chi connectivity index (χ1n) is 8.25. The molecular weight excluding hydrogens is 318 g/mol. The van der Waals surface area contributed by atoms with Gasteiger partial charge in [0.15, 0.2) is 11.6 Å². The molecule has 0 radical (unpaired) electrons. The molecule has 128 valence electrons. The van der Waals surface area contributed by atoms with Crippen LogP contribution in [0.25, 0.3) is 5.95 Å². The fourth-order valence-corrected chi connectivity index (χ4v) is 3.43. The van der Waals surface area contributed by atoms with Crippen molar-refractivity contribution in [3.05, 3.63) is 52.9 Å². The van der Waals surface area contributed by atoms with Gasteiger partial charge in [0, 0.05) is 37.2 Å². The highest BCUT2D eigenvalue weighted by molar-refractivity contribution is 6.03. The predicted octanol–water partition coefficient (Wildman–Crippen LogP) is 2.83. The monoisotopic (exact) mass is 337 g/mol. The standard InChI is InChI=1S/C18H19N5O2/c1-10-7-11(2)21-18(20-10)23-13-8-12(15-5-4-6-25-15)9-14(24)16(13)17(19-3)22-23/h4-7,12H,8-9H2,1-3H3,(H,19,22). The van der Waals surface area contributed by atoms with Gasteiger partial charge in [-0.1, -0.05) is 0 Å². The second-order valence-electron chi connectivity index (χ2n) is 6.33. The highest BCUT2D eigenvalue weighted by Gasteiger charge is 2.34. The number of fused-ring (bicyclic) bond motifs is 1. The summed E-state index contributed by atoms with van der Waals surface area (Å²) in [6.07, 6.45) is 2.70. The Hall–Kier alpha value is -2.96. The van der Waals surface area contributed by atoms with E-state index in [0.29, 0.717) is 30.2 Å². The molecule has 3 aromatic heterocycles. The highest BCUT2D eigenvalue weighted by atomic mass is 16.3. The molecule has 1 aliphatic rings. The van der Waals surface area contributed by atoms with Crippen molar-refractivity contribution in [2.24, 2.45) is 0 Å². The van der Waals surface area contributed by atoms with E-state index in [2.05, 4.69) is 20.4 Å². The van der Waals surface area contributed by atoms with Crippen molar-refractivity contribution in [2.45, 2.75) is 32.6 Å². The molecule has 25 heavy (non-hydrogen) atoms. The number of nitrogens with one attached hydrogen (secondary N) is 1. The Bertz CT molecular complexity index is 923. The summed E-state index contributed by atoms with van der Waals surface area (Å²) in [5.41, 5.74) is 3.19. The largest absolute Gasteiger partial charge is 0.469 e. The third kappa shape index (κ3) is 2.61. The number of aromatic nitrogens is 4. The van der Waals surface area contributed by atoms with Gasteiger partial charge in [0.05, 0.1) is 17.5 Å². The smallest absolute Gasteiger partial charge is 0.251 e. The minimum atomic E-state index is 0.000984. The van der Waals surface area contributed by atoms with Gasteiger partial charge in [0.1, 0.15) is 5.76 Å². The number of anilines is 1. The Labute approximate surface area is 145 Å². The van der Waals surface area contributed by atoms with Gasteiger partial charge in [-0.25, -0.2) is 14.6 Å². The summed E-state index contributed by atoms with van der Waals surface area (Å²) in [6, 6.07) is 5.67. The quantitative estimate of drug-likeness (QED) is 0.791. The zero-order chi connectivity index (χ0) is 17.6. The third-order valence-corrected chi connectivity index (χ3v) is 4.47. The van der Waals surface area contributed by atoms with E-state index in [4.69, 9.17) is 4.42 Å². The summed E-state index contributed by atoms with van der Waals surface area (Å²) >= 11 is 0. The van der Waals surface area contributed by atoms with Gasteiger partial charge >= 0.3 is 0 Å². The number of Topliss-reactive ketones (excluding diaryl/α,β-unsaturated/α-hetero) is 1. The lowest BCUT2D eigenvalue weighted by Gasteiger charge is -2.20. The summed E-state index contributed by atoms with van der Waals surface area (Å²) in [4.78, 5) is 21.8. The lowest BCUT2D eigenvalue weighted by atomic mass is 9.85. The SMILES string of the molecule is CNc1nn(-c2nc(C)cc(C)n2)c2c1C(=O)CC(c1ccco1)C2. The Morgan fingerprint density at radius 3 is 2.64 bits per heavy atom. The van der Waals surface area contributed by atoms with Crippen LogP contribution in [0.15, 0.2) is 28.9 Å². The van der Waals surface area contributed by atoms with Crippen molar-refractivity contribution in [2.75, 3.05) is 12.4 Å². The van der Waals surface area contributed by atoms with E-state index in [-0.39, 0.29) is 11.7 Å². The topological polar surface area (TPSA) is 85.8 Å². The molecule has 3 aromatic rings. The van der Waals surface area contributed by atoms with Crippen LogP contribution in [0.1, 0.15) is 45.5 Å². The second kappa shape index (κ2) is 5.84. The van der Waals surface area contributed by atoms with Gasteiger partial charge in [0.2, 0.25) is 0 Å². The number of aryl methyl sites for hydroxylation is 2. The van der Waals surface area contributed by atoms with Gasteiger partial charge in [-0.15, -0.1) is 5.10 Å². The van der Waals surface area contributed by atoms with E-state index >= 15 is 0 Å². The van der Waals surface area contributed by atoms with Crippen molar-refractivity contribution in [3.63, 3.8) is 0 Å². The van der Waals surface area contributed by atoms with E-state index in [1.54, 1.807) is 18.0 Å². The first-order chi connectivity index (χ1) is 12.1. The van der Waals surface area contributed by atoms with E-state index in [1.807, 2.05) is 32.0 Å². The molecule has 3 heterocycles. The number of hydrogen-bond donors (Lipinski definition) is 1. The van der Waals surface area contributed by atoms with Gasteiger partial charge < -0.3 is 9.73 Å². The van der Waals surface area contributed by atoms with Crippen LogP contribution < -0.4 is 5.32 Å². The number of furan rings is 1. The van der Waals surface area contributed by atoms with Crippen molar-refractivity contribution >= 4 is 11.6 Å². The zero-order valence-corrected chi connectivity index (χ0v) is 14.4. The second-order valence-corrected chi connectivity index (χ2v) is 6.33. The minimum absolute atomic E-state index is 0.000984. The molecule has 7 heteroatoms. The molecule has 0 aliphatic heterocycles. The highest BCUT2D eigenvalue weighted by Crippen LogP contribution is 2.36. The molecule has 1 N–H and O–H groups in total. The Balaban J connectivity index is 1.86. The molecule has 1 atom stereocenters. The number of carbonyl (C=O) groups is 1. The van der Waals surface area contributed by atoms with Gasteiger partial charge in [-0.05, 0) is 32.0 Å².